The van der Waals surface area contributed by atoms with E-state index in [9.17, 15) is 0 Å². The van der Waals surface area contributed by atoms with Gasteiger partial charge in [-0.2, -0.15) is 5.48 Å². The summed E-state index contributed by atoms with van der Waals surface area (Å²) in [7, 11) is 1.69. The topological polar surface area (TPSA) is 33.7 Å². The average molecular weight is 230 g/mol. The van der Waals surface area contributed by atoms with Crippen molar-refractivity contribution in [1.29, 1.82) is 0 Å². The second kappa shape index (κ2) is 8.93. The molecule has 16 heavy (non-hydrogen) atoms. The molecule has 0 saturated carbocycles. The lowest BCUT2D eigenvalue weighted by Gasteiger charge is -2.19. The first-order chi connectivity index (χ1) is 7.86. The largest absolute Gasteiger partial charge is 0.382 e. The van der Waals surface area contributed by atoms with Gasteiger partial charge in [-0.3, -0.25) is 4.84 Å². The maximum Gasteiger partial charge on any atom is 0.0915 e. The van der Waals surface area contributed by atoms with Gasteiger partial charge in [0, 0.05) is 13.2 Å². The Hall–Kier alpha value is -0.160. The van der Waals surface area contributed by atoms with Crippen molar-refractivity contribution < 1.29 is 9.57 Å². The van der Waals surface area contributed by atoms with Gasteiger partial charge in [0.2, 0.25) is 0 Å². The molecule has 1 rings (SSSR count). The zero-order valence-electron chi connectivity index (χ0n) is 10.7. The Balaban J connectivity index is 2.10. The Morgan fingerprint density at radius 3 is 2.88 bits per heavy atom. The highest BCUT2D eigenvalue weighted by Gasteiger charge is 2.15. The normalized spacial score (nSPS) is 23.2. The number of hydrogen-bond acceptors (Lipinski definition) is 4. The SMILES string of the molecule is CCCN1CCCC(NOCCOC)CC1. The minimum atomic E-state index is 0.513. The van der Waals surface area contributed by atoms with Crippen LogP contribution in [-0.4, -0.2) is 50.9 Å². The third kappa shape index (κ3) is 5.80. The highest BCUT2D eigenvalue weighted by molar-refractivity contribution is 4.72. The number of nitrogens with one attached hydrogen (secondary N) is 1. The Morgan fingerprint density at radius 2 is 2.12 bits per heavy atom. The molecule has 0 aromatic heterocycles. The molecule has 1 fully saturated rings. The quantitative estimate of drug-likeness (QED) is 0.530. The van der Waals surface area contributed by atoms with Crippen LogP contribution in [0.2, 0.25) is 0 Å². The van der Waals surface area contributed by atoms with Crippen LogP contribution in [-0.2, 0) is 9.57 Å². The molecule has 1 atom stereocenters. The van der Waals surface area contributed by atoms with Gasteiger partial charge in [0.1, 0.15) is 0 Å². The molecule has 0 aliphatic carbocycles. The molecule has 1 N–H and O–H groups in total. The van der Waals surface area contributed by atoms with Crippen LogP contribution in [0.25, 0.3) is 0 Å². The summed E-state index contributed by atoms with van der Waals surface area (Å²) in [5.41, 5.74) is 3.15. The summed E-state index contributed by atoms with van der Waals surface area (Å²) < 4.78 is 4.93. The van der Waals surface area contributed by atoms with Crippen molar-refractivity contribution in [2.45, 2.75) is 38.6 Å². The smallest absolute Gasteiger partial charge is 0.0915 e. The van der Waals surface area contributed by atoms with E-state index in [1.807, 2.05) is 0 Å². The lowest BCUT2D eigenvalue weighted by molar-refractivity contribution is -0.0142. The van der Waals surface area contributed by atoms with Gasteiger partial charge in [-0.1, -0.05) is 6.92 Å². The molecule has 1 unspecified atom stereocenters. The fraction of sp³-hybridized carbons (Fsp3) is 1.00. The molecule has 4 heteroatoms. The molecule has 4 nitrogen and oxygen atoms in total. The molecule has 0 aromatic rings. The standard InChI is InChI=1S/C12H26N2O2/c1-3-7-14-8-4-5-12(6-9-14)13-16-11-10-15-2/h12-13H,3-11H2,1-2H3. The van der Waals surface area contributed by atoms with E-state index in [0.717, 1.165) is 0 Å². The molecule has 0 amide bonds. The number of hydrogen-bond donors (Lipinski definition) is 1. The van der Waals surface area contributed by atoms with Crippen molar-refractivity contribution in [1.82, 2.24) is 10.4 Å². The number of ether oxygens (including phenoxy) is 1. The molecule has 0 bridgehead atoms. The van der Waals surface area contributed by atoms with Gasteiger partial charge in [-0.15, -0.1) is 0 Å². The van der Waals surface area contributed by atoms with Gasteiger partial charge in [0.15, 0.2) is 0 Å². The van der Waals surface area contributed by atoms with E-state index in [0.29, 0.717) is 19.3 Å². The Bertz CT molecular complexity index is 167. The second-order valence-electron chi connectivity index (χ2n) is 4.43. The monoisotopic (exact) mass is 230 g/mol. The molecule has 0 spiro atoms. The summed E-state index contributed by atoms with van der Waals surface area (Å²) >= 11 is 0. The summed E-state index contributed by atoms with van der Waals surface area (Å²) in [6.45, 7) is 7.20. The molecular formula is C12H26N2O2. The minimum Gasteiger partial charge on any atom is -0.382 e. The number of nitrogens with zero attached hydrogens (tertiary/aromatic N) is 1. The fourth-order valence-corrected chi connectivity index (χ4v) is 2.12. The zero-order chi connectivity index (χ0) is 11.6. The predicted octanol–water partition coefficient (Wildman–Crippen LogP) is 1.42. The minimum absolute atomic E-state index is 0.513. The van der Waals surface area contributed by atoms with Crippen LogP contribution in [0.5, 0.6) is 0 Å². The third-order valence-corrected chi connectivity index (χ3v) is 3.00. The summed E-state index contributed by atoms with van der Waals surface area (Å²) in [5.74, 6) is 0. The van der Waals surface area contributed by atoms with Gasteiger partial charge < -0.3 is 9.64 Å². The van der Waals surface area contributed by atoms with Crippen LogP contribution >= 0.6 is 0 Å². The second-order valence-corrected chi connectivity index (χ2v) is 4.43. The van der Waals surface area contributed by atoms with Gasteiger partial charge >= 0.3 is 0 Å². The summed E-state index contributed by atoms with van der Waals surface area (Å²) in [4.78, 5) is 7.92. The maximum atomic E-state index is 5.37. The van der Waals surface area contributed by atoms with E-state index in [4.69, 9.17) is 9.57 Å². The molecule has 0 aromatic carbocycles. The molecule has 1 saturated heterocycles. The molecular weight excluding hydrogens is 204 g/mol. The summed E-state index contributed by atoms with van der Waals surface area (Å²) in [6.07, 6.45) is 4.92. The average Bonchev–Trinajstić information content (AvgIpc) is 2.51. The molecule has 1 aliphatic heterocycles. The first kappa shape index (κ1) is 13.9. The number of likely N-dealkylation sites (tertiary alicyclic amines) is 1. The van der Waals surface area contributed by atoms with E-state index in [1.54, 1.807) is 7.11 Å². The van der Waals surface area contributed by atoms with E-state index in [-0.39, 0.29) is 0 Å². The Labute approximate surface area is 99.2 Å². The fourth-order valence-electron chi connectivity index (χ4n) is 2.12. The molecule has 1 aliphatic rings. The van der Waals surface area contributed by atoms with Gasteiger partial charge in [0.25, 0.3) is 0 Å². The van der Waals surface area contributed by atoms with Gasteiger partial charge in [-0.05, 0) is 45.3 Å². The highest BCUT2D eigenvalue weighted by Crippen LogP contribution is 2.11. The highest BCUT2D eigenvalue weighted by atomic mass is 16.7. The van der Waals surface area contributed by atoms with Crippen LogP contribution in [0.4, 0.5) is 0 Å². The van der Waals surface area contributed by atoms with Crippen molar-refractivity contribution in [3.63, 3.8) is 0 Å². The van der Waals surface area contributed by atoms with Crippen LogP contribution in [0.3, 0.4) is 0 Å². The van der Waals surface area contributed by atoms with Gasteiger partial charge in [0.05, 0.1) is 13.2 Å². The van der Waals surface area contributed by atoms with Crippen LogP contribution in [0.1, 0.15) is 32.6 Å². The third-order valence-electron chi connectivity index (χ3n) is 3.00. The van der Waals surface area contributed by atoms with Crippen molar-refractivity contribution in [3.8, 4) is 0 Å². The van der Waals surface area contributed by atoms with E-state index in [2.05, 4.69) is 17.3 Å². The van der Waals surface area contributed by atoms with Crippen LogP contribution < -0.4 is 5.48 Å². The van der Waals surface area contributed by atoms with E-state index >= 15 is 0 Å². The van der Waals surface area contributed by atoms with Crippen molar-refractivity contribution >= 4 is 0 Å². The van der Waals surface area contributed by atoms with Crippen molar-refractivity contribution in [2.24, 2.45) is 0 Å². The molecule has 0 radical (unpaired) electrons. The first-order valence-corrected chi connectivity index (χ1v) is 6.45. The summed E-state index contributed by atoms with van der Waals surface area (Å²) in [6, 6.07) is 0.513. The first-order valence-electron chi connectivity index (χ1n) is 6.45. The number of methoxy groups -OCH3 is 1. The predicted molar refractivity (Wildman–Crippen MR) is 65.3 cm³/mol. The lowest BCUT2D eigenvalue weighted by Crippen LogP contribution is -2.32. The van der Waals surface area contributed by atoms with Crippen molar-refractivity contribution in [2.75, 3.05) is 40.0 Å². The van der Waals surface area contributed by atoms with E-state index < -0.39 is 0 Å². The van der Waals surface area contributed by atoms with E-state index in [1.165, 1.54) is 45.3 Å². The van der Waals surface area contributed by atoms with Crippen LogP contribution in [0.15, 0.2) is 0 Å². The molecule has 1 heterocycles. The van der Waals surface area contributed by atoms with Crippen LogP contribution in [0, 0.1) is 0 Å². The summed E-state index contributed by atoms with van der Waals surface area (Å²) in [5, 5.41) is 0. The Morgan fingerprint density at radius 1 is 1.25 bits per heavy atom. The maximum absolute atomic E-state index is 5.37. The number of rotatable bonds is 7. The van der Waals surface area contributed by atoms with Gasteiger partial charge in [-0.25, -0.2) is 0 Å². The number of hydroxylamine groups is 1. The van der Waals surface area contributed by atoms with Crippen molar-refractivity contribution in [3.05, 3.63) is 0 Å². The Kier molecular flexibility index (Phi) is 7.76. The zero-order valence-corrected chi connectivity index (χ0v) is 10.7. The lowest BCUT2D eigenvalue weighted by atomic mass is 10.1. The molecule has 96 valence electrons.